The topological polar surface area (TPSA) is 18.5 Å². The number of rotatable bonds is 3. The first-order valence-corrected chi connectivity index (χ1v) is 6.39. The molecule has 3 atom stereocenters. The van der Waals surface area contributed by atoms with Gasteiger partial charge in [-0.25, -0.2) is 0 Å². The third-order valence-corrected chi connectivity index (χ3v) is 4.65. The van der Waals surface area contributed by atoms with Crippen LogP contribution in [0.5, 0.6) is 0 Å². The Kier molecular flexibility index (Phi) is 2.31. The van der Waals surface area contributed by atoms with E-state index in [9.17, 15) is 0 Å². The summed E-state index contributed by atoms with van der Waals surface area (Å²) in [5, 5.41) is 3.62. The van der Waals surface area contributed by atoms with Crippen molar-refractivity contribution in [2.24, 2.45) is 11.3 Å². The summed E-state index contributed by atoms with van der Waals surface area (Å²) in [6.45, 7) is 8.88. The summed E-state index contributed by atoms with van der Waals surface area (Å²) < 4.78 is 0. The molecule has 15 heavy (non-hydrogen) atoms. The van der Waals surface area contributed by atoms with E-state index in [1.54, 1.807) is 0 Å². The Hall–Kier alpha value is -0.120. The van der Waals surface area contributed by atoms with Crippen LogP contribution < -0.4 is 5.32 Å². The maximum Gasteiger partial charge on any atom is 0.0506 e. The van der Waals surface area contributed by atoms with Gasteiger partial charge in [-0.3, -0.25) is 9.80 Å². The third-order valence-electron chi connectivity index (χ3n) is 4.65. The molecule has 3 heteroatoms. The Morgan fingerprint density at radius 3 is 2.47 bits per heavy atom. The average molecular weight is 209 g/mol. The van der Waals surface area contributed by atoms with Gasteiger partial charge in [0.1, 0.15) is 0 Å². The van der Waals surface area contributed by atoms with Gasteiger partial charge in [0.2, 0.25) is 0 Å². The number of hydrogen-bond donors (Lipinski definition) is 1. The lowest BCUT2D eigenvalue weighted by Gasteiger charge is -2.63. The molecule has 3 nitrogen and oxygen atoms in total. The molecule has 1 N–H and O–H groups in total. The minimum Gasteiger partial charge on any atom is -0.316 e. The summed E-state index contributed by atoms with van der Waals surface area (Å²) in [6.07, 6.45) is 2.72. The van der Waals surface area contributed by atoms with Crippen LogP contribution in [0.25, 0.3) is 0 Å². The van der Waals surface area contributed by atoms with E-state index in [2.05, 4.69) is 29.1 Å². The second-order valence-electron chi connectivity index (χ2n) is 5.80. The van der Waals surface area contributed by atoms with E-state index in [1.165, 1.54) is 45.7 Å². The molecule has 0 amide bonds. The zero-order chi connectivity index (χ0) is 10.5. The summed E-state index contributed by atoms with van der Waals surface area (Å²) in [6, 6.07) is 0.769. The Balaban J connectivity index is 1.89. The molecule has 4 heterocycles. The molecule has 3 unspecified atom stereocenters. The Morgan fingerprint density at radius 2 is 1.93 bits per heavy atom. The molecule has 86 valence electrons. The van der Waals surface area contributed by atoms with Gasteiger partial charge < -0.3 is 5.32 Å². The number of piperidine rings is 2. The summed E-state index contributed by atoms with van der Waals surface area (Å²) in [7, 11) is 2.16. The van der Waals surface area contributed by atoms with Gasteiger partial charge in [-0.05, 0) is 13.5 Å². The minimum atomic E-state index is 0.558. The second kappa shape index (κ2) is 3.44. The number of nitrogens with one attached hydrogen (secondary N) is 1. The number of hydrogen-bond acceptors (Lipinski definition) is 3. The smallest absolute Gasteiger partial charge is 0.0506 e. The van der Waals surface area contributed by atoms with E-state index in [-0.39, 0.29) is 0 Å². The fraction of sp³-hybridized carbons (Fsp3) is 1.00. The van der Waals surface area contributed by atoms with Crippen LogP contribution in [0.15, 0.2) is 0 Å². The highest BCUT2D eigenvalue weighted by Gasteiger charge is 2.54. The first-order valence-electron chi connectivity index (χ1n) is 6.39. The predicted octanol–water partition coefficient (Wildman–Crippen LogP) is 0.579. The van der Waals surface area contributed by atoms with Crippen LogP contribution in [0.1, 0.15) is 19.8 Å². The first kappa shape index (κ1) is 10.1. The highest BCUT2D eigenvalue weighted by molar-refractivity contribution is 5.09. The van der Waals surface area contributed by atoms with E-state index in [0.29, 0.717) is 5.41 Å². The summed E-state index contributed by atoms with van der Waals surface area (Å²) in [5.74, 6) is 0.873. The third kappa shape index (κ3) is 1.37. The van der Waals surface area contributed by atoms with Gasteiger partial charge in [-0.1, -0.05) is 13.3 Å². The summed E-state index contributed by atoms with van der Waals surface area (Å²) in [5.41, 5.74) is 0.558. The fourth-order valence-electron chi connectivity index (χ4n) is 4.55. The van der Waals surface area contributed by atoms with Crippen molar-refractivity contribution in [3.63, 3.8) is 0 Å². The fourth-order valence-corrected chi connectivity index (χ4v) is 4.55. The Bertz CT molecular complexity index is 239. The molecule has 0 aromatic carbocycles. The van der Waals surface area contributed by atoms with Crippen LogP contribution in [-0.4, -0.2) is 55.7 Å². The van der Waals surface area contributed by atoms with Crippen molar-refractivity contribution in [2.45, 2.75) is 25.8 Å². The summed E-state index contributed by atoms with van der Waals surface area (Å²) >= 11 is 0. The predicted molar refractivity (Wildman–Crippen MR) is 61.7 cm³/mol. The van der Waals surface area contributed by atoms with Crippen molar-refractivity contribution >= 4 is 0 Å². The lowest BCUT2D eigenvalue weighted by molar-refractivity contribution is -0.144. The van der Waals surface area contributed by atoms with E-state index in [0.717, 1.165) is 12.0 Å². The molecular weight excluding hydrogens is 186 g/mol. The van der Waals surface area contributed by atoms with Crippen LogP contribution in [0.2, 0.25) is 0 Å². The molecule has 0 spiro atoms. The molecule has 4 fully saturated rings. The van der Waals surface area contributed by atoms with Crippen LogP contribution in [0.3, 0.4) is 0 Å². The van der Waals surface area contributed by atoms with Crippen LogP contribution >= 0.6 is 0 Å². The van der Waals surface area contributed by atoms with Crippen molar-refractivity contribution in [2.75, 3.05) is 39.9 Å². The van der Waals surface area contributed by atoms with Gasteiger partial charge >= 0.3 is 0 Å². The molecule has 4 saturated heterocycles. The van der Waals surface area contributed by atoms with E-state index >= 15 is 0 Å². The lowest BCUT2D eigenvalue weighted by atomic mass is 9.64. The van der Waals surface area contributed by atoms with Gasteiger partial charge in [0.05, 0.1) is 6.67 Å². The standard InChI is InChI=1S/C12H23N3/c1-3-4-12-7-14-5-10(11(12)13-2)6-15(8-12)9-14/h10-11,13H,3-9H2,1-2H3. The SMILES string of the molecule is CCCC12CN3CC(CN(C3)C1)C2NC. The maximum atomic E-state index is 3.62. The van der Waals surface area contributed by atoms with E-state index < -0.39 is 0 Å². The Labute approximate surface area is 92.8 Å². The quantitative estimate of drug-likeness (QED) is 0.733. The van der Waals surface area contributed by atoms with Crippen molar-refractivity contribution < 1.29 is 0 Å². The lowest BCUT2D eigenvalue weighted by Crippen LogP contribution is -2.75. The monoisotopic (exact) mass is 209 g/mol. The molecule has 0 aliphatic carbocycles. The molecule has 0 radical (unpaired) electrons. The molecule has 4 rings (SSSR count). The van der Waals surface area contributed by atoms with Gasteiger partial charge in [0.25, 0.3) is 0 Å². The molecule has 4 aliphatic rings. The zero-order valence-corrected chi connectivity index (χ0v) is 10.00. The van der Waals surface area contributed by atoms with Gasteiger partial charge in [-0.15, -0.1) is 0 Å². The van der Waals surface area contributed by atoms with Crippen molar-refractivity contribution in [1.29, 1.82) is 0 Å². The average Bonchev–Trinajstić information content (AvgIpc) is 2.16. The van der Waals surface area contributed by atoms with Crippen LogP contribution in [0.4, 0.5) is 0 Å². The molecule has 0 aromatic heterocycles. The van der Waals surface area contributed by atoms with E-state index in [4.69, 9.17) is 0 Å². The van der Waals surface area contributed by atoms with Crippen LogP contribution in [0, 0.1) is 11.3 Å². The zero-order valence-electron chi connectivity index (χ0n) is 10.00. The normalized spacial score (nSPS) is 52.4. The summed E-state index contributed by atoms with van der Waals surface area (Å²) in [4.78, 5) is 5.34. The van der Waals surface area contributed by atoms with E-state index in [1.807, 2.05) is 0 Å². The maximum absolute atomic E-state index is 3.62. The van der Waals surface area contributed by atoms with Crippen molar-refractivity contribution in [1.82, 2.24) is 15.1 Å². The highest BCUT2D eigenvalue weighted by atomic mass is 15.4. The van der Waals surface area contributed by atoms with Crippen molar-refractivity contribution in [3.8, 4) is 0 Å². The highest BCUT2D eigenvalue weighted by Crippen LogP contribution is 2.45. The van der Waals surface area contributed by atoms with Crippen LogP contribution in [-0.2, 0) is 0 Å². The van der Waals surface area contributed by atoms with Crippen molar-refractivity contribution in [3.05, 3.63) is 0 Å². The van der Waals surface area contributed by atoms with Gasteiger partial charge in [-0.2, -0.15) is 0 Å². The molecule has 4 aliphatic heterocycles. The van der Waals surface area contributed by atoms with Gasteiger partial charge in [0.15, 0.2) is 0 Å². The largest absolute Gasteiger partial charge is 0.316 e. The second-order valence-corrected chi connectivity index (χ2v) is 5.80. The van der Waals surface area contributed by atoms with Gasteiger partial charge in [0, 0.05) is 43.6 Å². The Morgan fingerprint density at radius 1 is 1.27 bits per heavy atom. The molecule has 0 aromatic rings. The molecule has 4 bridgehead atoms. The molecule has 0 saturated carbocycles. The number of nitrogens with zero attached hydrogens (tertiary/aromatic N) is 2. The molecular formula is C12H23N3. The minimum absolute atomic E-state index is 0.558. The first-order chi connectivity index (χ1) is 7.27.